The monoisotopic (exact) mass is 262 g/mol. The molecule has 0 aliphatic carbocycles. The average molecular weight is 262 g/mol. The van der Waals surface area contributed by atoms with Crippen molar-refractivity contribution in [3.05, 3.63) is 33.1 Å². The first kappa shape index (κ1) is 11.7. The Kier molecular flexibility index (Phi) is 2.87. The molecule has 0 spiro atoms. The number of nitrogens with two attached hydrogens (primary N) is 1. The van der Waals surface area contributed by atoms with E-state index in [0.29, 0.717) is 6.54 Å². The van der Waals surface area contributed by atoms with Gasteiger partial charge in [0.2, 0.25) is 0 Å². The molecule has 2 aromatic rings. The molecule has 1 aliphatic rings. The number of aromatic nitrogens is 2. The Morgan fingerprint density at radius 3 is 3.11 bits per heavy atom. The van der Waals surface area contributed by atoms with Crippen molar-refractivity contribution in [1.29, 1.82) is 0 Å². The fourth-order valence-electron chi connectivity index (χ4n) is 2.75. The van der Waals surface area contributed by atoms with Gasteiger partial charge in [-0.05, 0) is 30.4 Å². The molecule has 5 heteroatoms. The van der Waals surface area contributed by atoms with Crippen LogP contribution in [0.4, 0.5) is 5.82 Å². The molecular formula is C13H18N4S. The number of nitrogens with zero attached hydrogens (tertiary/aromatic N) is 3. The number of fused-ring (bicyclic) bond motifs is 1. The predicted molar refractivity (Wildman–Crippen MR) is 74.9 cm³/mol. The maximum atomic E-state index is 5.87. The molecule has 0 atom stereocenters. The van der Waals surface area contributed by atoms with Gasteiger partial charge in [-0.1, -0.05) is 0 Å². The topological polar surface area (TPSA) is 47.1 Å². The summed E-state index contributed by atoms with van der Waals surface area (Å²) in [5, 5.41) is 6.69. The Morgan fingerprint density at radius 2 is 2.33 bits per heavy atom. The lowest BCUT2D eigenvalue weighted by atomic mass is 10.1. The molecule has 0 saturated heterocycles. The molecule has 0 radical (unpaired) electrons. The molecule has 0 saturated carbocycles. The maximum Gasteiger partial charge on any atom is 0.131 e. The summed E-state index contributed by atoms with van der Waals surface area (Å²) in [7, 11) is 2.00. The quantitative estimate of drug-likeness (QED) is 0.898. The molecule has 3 rings (SSSR count). The van der Waals surface area contributed by atoms with E-state index in [1.54, 1.807) is 0 Å². The van der Waals surface area contributed by atoms with Crippen molar-refractivity contribution in [2.45, 2.75) is 26.4 Å². The van der Waals surface area contributed by atoms with Crippen LogP contribution < -0.4 is 10.6 Å². The van der Waals surface area contributed by atoms with E-state index >= 15 is 0 Å². The van der Waals surface area contributed by atoms with Crippen molar-refractivity contribution in [2.75, 3.05) is 11.4 Å². The van der Waals surface area contributed by atoms with Crippen molar-refractivity contribution in [3.8, 4) is 0 Å². The highest BCUT2D eigenvalue weighted by Crippen LogP contribution is 2.30. The standard InChI is InChI=1S/C13H18N4S/c1-9-11(7-14)13(16(2)15-9)17-5-3-12-10(8-17)4-6-18-12/h4,6H,3,5,7-8,14H2,1-2H3. The van der Waals surface area contributed by atoms with E-state index in [2.05, 4.69) is 21.4 Å². The molecule has 0 aromatic carbocycles. The fourth-order valence-corrected chi connectivity index (χ4v) is 3.64. The zero-order valence-electron chi connectivity index (χ0n) is 10.8. The first-order valence-corrected chi connectivity index (χ1v) is 7.11. The Bertz CT molecular complexity index is 570. The first-order valence-electron chi connectivity index (χ1n) is 6.23. The summed E-state index contributed by atoms with van der Waals surface area (Å²) in [6.45, 7) is 4.62. The van der Waals surface area contributed by atoms with Crippen LogP contribution >= 0.6 is 11.3 Å². The lowest BCUT2D eigenvalue weighted by Crippen LogP contribution is -2.32. The summed E-state index contributed by atoms with van der Waals surface area (Å²) in [6, 6.07) is 2.23. The number of thiophene rings is 1. The Balaban J connectivity index is 1.97. The van der Waals surface area contributed by atoms with E-state index in [9.17, 15) is 0 Å². The molecule has 2 N–H and O–H groups in total. The molecule has 4 nitrogen and oxygen atoms in total. The van der Waals surface area contributed by atoms with Crippen LogP contribution in [0, 0.1) is 6.92 Å². The average Bonchev–Trinajstić information content (AvgIpc) is 2.91. The SMILES string of the molecule is Cc1nn(C)c(N2CCc3sccc3C2)c1CN. The van der Waals surface area contributed by atoms with E-state index < -0.39 is 0 Å². The molecule has 0 unspecified atom stereocenters. The molecule has 1 aliphatic heterocycles. The second kappa shape index (κ2) is 4.40. The Hall–Kier alpha value is -1.33. The highest BCUT2D eigenvalue weighted by molar-refractivity contribution is 7.10. The van der Waals surface area contributed by atoms with Crippen molar-refractivity contribution < 1.29 is 0 Å². The molecule has 0 fully saturated rings. The number of hydrogen-bond acceptors (Lipinski definition) is 4. The highest BCUT2D eigenvalue weighted by atomic mass is 32.1. The van der Waals surface area contributed by atoms with Crippen molar-refractivity contribution in [2.24, 2.45) is 12.8 Å². The Labute approximate surface area is 111 Å². The van der Waals surface area contributed by atoms with Crippen LogP contribution in [-0.2, 0) is 26.6 Å². The van der Waals surface area contributed by atoms with E-state index in [-0.39, 0.29) is 0 Å². The van der Waals surface area contributed by atoms with Gasteiger partial charge >= 0.3 is 0 Å². The Morgan fingerprint density at radius 1 is 1.50 bits per heavy atom. The van der Waals surface area contributed by atoms with Gasteiger partial charge in [0.25, 0.3) is 0 Å². The third-order valence-corrected chi connectivity index (χ3v) is 4.65. The van der Waals surface area contributed by atoms with Crippen LogP contribution in [0.3, 0.4) is 0 Å². The normalized spacial score (nSPS) is 14.9. The lowest BCUT2D eigenvalue weighted by Gasteiger charge is -2.29. The van der Waals surface area contributed by atoms with Crippen LogP contribution in [0.2, 0.25) is 0 Å². The van der Waals surface area contributed by atoms with Crippen LogP contribution in [0.15, 0.2) is 11.4 Å². The van der Waals surface area contributed by atoms with Crippen molar-refractivity contribution >= 4 is 17.2 Å². The van der Waals surface area contributed by atoms with E-state index in [4.69, 9.17) is 5.73 Å². The van der Waals surface area contributed by atoms with Gasteiger partial charge in [0.05, 0.1) is 5.69 Å². The minimum atomic E-state index is 0.558. The summed E-state index contributed by atoms with van der Waals surface area (Å²) < 4.78 is 1.97. The van der Waals surface area contributed by atoms with Gasteiger partial charge < -0.3 is 10.6 Å². The molecule has 2 aromatic heterocycles. The van der Waals surface area contributed by atoms with Gasteiger partial charge in [-0.15, -0.1) is 11.3 Å². The summed E-state index contributed by atoms with van der Waals surface area (Å²) in [4.78, 5) is 3.93. The van der Waals surface area contributed by atoms with Crippen molar-refractivity contribution in [1.82, 2.24) is 9.78 Å². The molecular weight excluding hydrogens is 244 g/mol. The number of hydrogen-bond donors (Lipinski definition) is 1. The van der Waals surface area contributed by atoms with Crippen LogP contribution in [0.25, 0.3) is 0 Å². The van der Waals surface area contributed by atoms with Gasteiger partial charge in [0.15, 0.2) is 0 Å². The number of rotatable bonds is 2. The summed E-state index contributed by atoms with van der Waals surface area (Å²) in [5.74, 6) is 1.19. The van der Waals surface area contributed by atoms with E-state index in [1.807, 2.05) is 30.0 Å². The van der Waals surface area contributed by atoms with Crippen LogP contribution in [0.1, 0.15) is 21.7 Å². The number of anilines is 1. The third-order valence-electron chi connectivity index (χ3n) is 3.62. The summed E-state index contributed by atoms with van der Waals surface area (Å²) >= 11 is 1.87. The third kappa shape index (κ3) is 1.74. The second-order valence-electron chi connectivity index (χ2n) is 4.76. The lowest BCUT2D eigenvalue weighted by molar-refractivity contribution is 0.671. The van der Waals surface area contributed by atoms with Crippen molar-refractivity contribution in [3.63, 3.8) is 0 Å². The fraction of sp³-hybridized carbons (Fsp3) is 0.462. The minimum Gasteiger partial charge on any atom is -0.352 e. The first-order chi connectivity index (χ1) is 8.70. The summed E-state index contributed by atoms with van der Waals surface area (Å²) in [6.07, 6.45) is 1.13. The van der Waals surface area contributed by atoms with Gasteiger partial charge in [-0.25, -0.2) is 0 Å². The molecule has 96 valence electrons. The van der Waals surface area contributed by atoms with Crippen LogP contribution in [0.5, 0.6) is 0 Å². The zero-order chi connectivity index (χ0) is 12.7. The molecule has 3 heterocycles. The van der Waals surface area contributed by atoms with Gasteiger partial charge in [-0.2, -0.15) is 5.10 Å². The molecule has 0 amide bonds. The second-order valence-corrected chi connectivity index (χ2v) is 5.76. The molecule has 0 bridgehead atoms. The maximum absolute atomic E-state index is 5.87. The smallest absolute Gasteiger partial charge is 0.131 e. The van der Waals surface area contributed by atoms with E-state index in [0.717, 1.165) is 25.2 Å². The predicted octanol–water partition coefficient (Wildman–Crippen LogP) is 1.81. The van der Waals surface area contributed by atoms with Crippen LogP contribution in [-0.4, -0.2) is 16.3 Å². The zero-order valence-corrected chi connectivity index (χ0v) is 11.6. The minimum absolute atomic E-state index is 0.558. The summed E-state index contributed by atoms with van der Waals surface area (Å²) in [5.41, 5.74) is 9.54. The highest BCUT2D eigenvalue weighted by Gasteiger charge is 2.23. The van der Waals surface area contributed by atoms with E-state index in [1.165, 1.54) is 21.8 Å². The largest absolute Gasteiger partial charge is 0.352 e. The van der Waals surface area contributed by atoms with Gasteiger partial charge in [0.1, 0.15) is 5.82 Å². The van der Waals surface area contributed by atoms with Gasteiger partial charge in [0, 0.05) is 37.1 Å². The van der Waals surface area contributed by atoms with Gasteiger partial charge in [-0.3, -0.25) is 4.68 Å². The number of aryl methyl sites for hydroxylation is 2. The molecule has 18 heavy (non-hydrogen) atoms.